The highest BCUT2D eigenvalue weighted by molar-refractivity contribution is 7.16. The molecule has 0 unspecified atom stereocenters. The Balaban J connectivity index is 1.30. The second-order valence-corrected chi connectivity index (χ2v) is 10.7. The first-order valence-corrected chi connectivity index (χ1v) is 13.8. The van der Waals surface area contributed by atoms with Crippen molar-refractivity contribution in [2.45, 2.75) is 19.5 Å². The third kappa shape index (κ3) is 7.44. The van der Waals surface area contributed by atoms with Crippen molar-refractivity contribution in [1.29, 1.82) is 0 Å². The number of ether oxygens (including phenoxy) is 1. The highest BCUT2D eigenvalue weighted by Crippen LogP contribution is 2.40. The summed E-state index contributed by atoms with van der Waals surface area (Å²) in [5.74, 6) is -0.901. The largest absolute Gasteiger partial charge is 0.506 e. The number of benzene rings is 1. The monoisotopic (exact) mass is 580 g/mol. The van der Waals surface area contributed by atoms with Crippen LogP contribution in [0.1, 0.15) is 43.8 Å². The number of hydrogen-bond acceptors (Lipinski definition) is 8. The van der Waals surface area contributed by atoms with Gasteiger partial charge in [-0.15, -0.1) is 22.7 Å². The molecule has 1 aliphatic heterocycles. The maximum atomic E-state index is 12.8. The fraction of sp³-hybridized carbons (Fsp3) is 0.346. The van der Waals surface area contributed by atoms with Crippen LogP contribution in [0, 0.1) is 0 Å². The van der Waals surface area contributed by atoms with Crippen LogP contribution in [0.2, 0.25) is 0 Å². The maximum Gasteiger partial charge on any atom is 0.416 e. The fourth-order valence-corrected chi connectivity index (χ4v) is 5.70. The summed E-state index contributed by atoms with van der Waals surface area (Å²) in [4.78, 5) is 28.4. The van der Waals surface area contributed by atoms with Gasteiger partial charge in [0.2, 0.25) is 0 Å². The third-order valence-corrected chi connectivity index (χ3v) is 8.15. The second-order valence-electron chi connectivity index (χ2n) is 8.77. The normalized spacial score (nSPS) is 14.8. The molecule has 8 nitrogen and oxygen atoms in total. The number of morpholine rings is 1. The zero-order valence-electron chi connectivity index (χ0n) is 21.0. The second kappa shape index (κ2) is 12.7. The van der Waals surface area contributed by atoms with E-state index >= 15 is 0 Å². The highest BCUT2D eigenvalue weighted by Gasteiger charge is 2.30. The van der Waals surface area contributed by atoms with Crippen LogP contribution in [0.15, 0.2) is 46.9 Å². The van der Waals surface area contributed by atoms with E-state index in [0.29, 0.717) is 38.0 Å². The van der Waals surface area contributed by atoms with E-state index in [0.717, 1.165) is 74.1 Å². The molecule has 0 radical (unpaired) electrons. The van der Waals surface area contributed by atoms with Gasteiger partial charge in [0, 0.05) is 25.0 Å². The minimum absolute atomic E-state index is 0.140. The summed E-state index contributed by atoms with van der Waals surface area (Å²) in [6, 6.07) is 7.61. The van der Waals surface area contributed by atoms with Crippen LogP contribution in [0.5, 0.6) is 5.75 Å². The van der Waals surface area contributed by atoms with Crippen LogP contribution in [-0.4, -0.2) is 66.9 Å². The molecular formula is C26H27F3N4O4S2. The molecule has 0 saturated carbocycles. The van der Waals surface area contributed by atoms with E-state index in [2.05, 4.69) is 20.7 Å². The lowest BCUT2D eigenvalue weighted by Crippen LogP contribution is -2.38. The Morgan fingerprint density at radius 2 is 1.74 bits per heavy atom. The lowest BCUT2D eigenvalue weighted by Gasteiger charge is -2.26. The van der Waals surface area contributed by atoms with Gasteiger partial charge in [0.05, 0.1) is 44.7 Å². The van der Waals surface area contributed by atoms with Crippen LogP contribution >= 0.6 is 22.7 Å². The maximum absolute atomic E-state index is 12.8. The summed E-state index contributed by atoms with van der Waals surface area (Å²) in [5, 5.41) is 19.2. The summed E-state index contributed by atoms with van der Waals surface area (Å²) >= 11 is 2.19. The number of nitrogens with one attached hydrogen (secondary N) is 2. The highest BCUT2D eigenvalue weighted by atomic mass is 32.1. The fourth-order valence-electron chi connectivity index (χ4n) is 3.87. The average Bonchev–Trinajstić information content (AvgIpc) is 3.57. The number of carbonyl (C=O) groups excluding carboxylic acids is 2. The Labute approximate surface area is 231 Å². The SMILES string of the molecule is C/C(=N\NC(=O)c1ccc(C(=O)NCCCN2CCOCC2)s1)c1csc(-c2ccc(C(F)(F)F)cc2)c1O. The molecule has 2 aromatic heterocycles. The Morgan fingerprint density at radius 3 is 2.41 bits per heavy atom. The first-order valence-electron chi connectivity index (χ1n) is 12.1. The minimum Gasteiger partial charge on any atom is -0.506 e. The summed E-state index contributed by atoms with van der Waals surface area (Å²) < 4.78 is 43.8. The number of aromatic hydroxyl groups is 1. The number of rotatable bonds is 9. The van der Waals surface area contributed by atoms with Gasteiger partial charge in [-0.3, -0.25) is 14.5 Å². The Morgan fingerprint density at radius 1 is 1.08 bits per heavy atom. The molecule has 13 heteroatoms. The van der Waals surface area contributed by atoms with Crippen molar-refractivity contribution in [2.24, 2.45) is 5.10 Å². The van der Waals surface area contributed by atoms with Crippen LogP contribution in [0.4, 0.5) is 13.2 Å². The smallest absolute Gasteiger partial charge is 0.416 e. The number of alkyl halides is 3. The number of thiophene rings is 2. The van der Waals surface area contributed by atoms with Gasteiger partial charge in [0.1, 0.15) is 5.75 Å². The molecule has 208 valence electrons. The van der Waals surface area contributed by atoms with Crippen molar-refractivity contribution >= 4 is 40.2 Å². The van der Waals surface area contributed by atoms with Crippen molar-refractivity contribution < 1.29 is 32.6 Å². The zero-order chi connectivity index (χ0) is 28.0. The number of carbonyl (C=O) groups is 2. The molecule has 3 aromatic rings. The molecule has 2 amide bonds. The molecule has 0 aliphatic carbocycles. The molecular weight excluding hydrogens is 553 g/mol. The lowest BCUT2D eigenvalue weighted by molar-refractivity contribution is -0.137. The Kier molecular flexibility index (Phi) is 9.38. The summed E-state index contributed by atoms with van der Waals surface area (Å²) in [5.41, 5.74) is 2.73. The van der Waals surface area contributed by atoms with E-state index in [1.807, 2.05) is 0 Å². The van der Waals surface area contributed by atoms with Gasteiger partial charge in [0.25, 0.3) is 11.8 Å². The van der Waals surface area contributed by atoms with E-state index in [-0.39, 0.29) is 11.7 Å². The van der Waals surface area contributed by atoms with Gasteiger partial charge in [-0.25, -0.2) is 5.43 Å². The minimum atomic E-state index is -4.45. The van der Waals surface area contributed by atoms with Gasteiger partial charge >= 0.3 is 6.18 Å². The van der Waals surface area contributed by atoms with Crippen molar-refractivity contribution in [1.82, 2.24) is 15.6 Å². The Hall–Kier alpha value is -3.26. The molecule has 1 aliphatic rings. The quantitative estimate of drug-likeness (QED) is 0.192. The number of amides is 2. The number of hydrazone groups is 1. The standard InChI is InChI=1S/C26H27F3N4O4S2/c1-16(19-15-38-23(22(19)34)17-3-5-18(6-4-17)26(27,28)29)31-32-25(36)21-8-7-20(39-21)24(35)30-9-2-10-33-11-13-37-14-12-33/h3-8,15,34H,2,9-14H2,1H3,(H,30,35)(H,32,36)/b31-16+. The van der Waals surface area contributed by atoms with Crippen LogP contribution in [0.3, 0.4) is 0 Å². The molecule has 1 saturated heterocycles. The van der Waals surface area contributed by atoms with Gasteiger partial charge in [-0.2, -0.15) is 18.3 Å². The van der Waals surface area contributed by atoms with E-state index in [1.54, 1.807) is 18.4 Å². The van der Waals surface area contributed by atoms with Crippen LogP contribution in [-0.2, 0) is 10.9 Å². The number of halogens is 3. The number of nitrogens with zero attached hydrogens (tertiary/aromatic N) is 2. The molecule has 1 fully saturated rings. The molecule has 0 bridgehead atoms. The molecule has 0 spiro atoms. The van der Waals surface area contributed by atoms with Crippen molar-refractivity contribution in [3.8, 4) is 16.2 Å². The van der Waals surface area contributed by atoms with Gasteiger partial charge in [0.15, 0.2) is 0 Å². The van der Waals surface area contributed by atoms with E-state index in [9.17, 15) is 27.9 Å². The van der Waals surface area contributed by atoms with E-state index in [4.69, 9.17) is 4.74 Å². The average molecular weight is 581 g/mol. The topological polar surface area (TPSA) is 103 Å². The van der Waals surface area contributed by atoms with E-state index < -0.39 is 17.6 Å². The summed E-state index contributed by atoms with van der Waals surface area (Å²) in [6.07, 6.45) is -3.63. The predicted octanol–water partition coefficient (Wildman–Crippen LogP) is 4.81. The first kappa shape index (κ1) is 28.7. The number of hydrogen-bond donors (Lipinski definition) is 3. The zero-order valence-corrected chi connectivity index (χ0v) is 22.6. The van der Waals surface area contributed by atoms with Crippen molar-refractivity contribution in [2.75, 3.05) is 39.4 Å². The lowest BCUT2D eigenvalue weighted by atomic mass is 10.1. The van der Waals surface area contributed by atoms with E-state index in [1.165, 1.54) is 18.2 Å². The third-order valence-electron chi connectivity index (χ3n) is 6.05. The van der Waals surface area contributed by atoms with Crippen molar-refractivity contribution in [3.63, 3.8) is 0 Å². The molecule has 3 heterocycles. The Bertz CT molecular complexity index is 1330. The molecule has 39 heavy (non-hydrogen) atoms. The molecule has 1 aromatic carbocycles. The van der Waals surface area contributed by atoms with Crippen molar-refractivity contribution in [3.05, 3.63) is 62.7 Å². The van der Waals surface area contributed by atoms with Crippen LogP contribution < -0.4 is 10.7 Å². The molecule has 3 N–H and O–H groups in total. The summed E-state index contributed by atoms with van der Waals surface area (Å²) in [7, 11) is 0. The van der Waals surface area contributed by atoms with Gasteiger partial charge < -0.3 is 15.2 Å². The first-order chi connectivity index (χ1) is 18.6. The summed E-state index contributed by atoms with van der Waals surface area (Å²) in [6.45, 7) is 6.24. The molecule has 0 atom stereocenters. The van der Waals surface area contributed by atoms with Crippen LogP contribution in [0.25, 0.3) is 10.4 Å². The van der Waals surface area contributed by atoms with Gasteiger partial charge in [-0.1, -0.05) is 12.1 Å². The molecule has 4 rings (SSSR count). The predicted molar refractivity (Wildman–Crippen MR) is 145 cm³/mol. The van der Waals surface area contributed by atoms with Gasteiger partial charge in [-0.05, 0) is 49.7 Å².